The van der Waals surface area contributed by atoms with Gasteiger partial charge in [-0.1, -0.05) is 20.8 Å². The van der Waals surface area contributed by atoms with E-state index in [1.165, 1.54) is 6.33 Å². The molecule has 9 nitrogen and oxygen atoms in total. The quantitative estimate of drug-likeness (QED) is 0.326. The zero-order valence-corrected chi connectivity index (χ0v) is 22.8. The third-order valence-electron chi connectivity index (χ3n) is 6.40. The van der Waals surface area contributed by atoms with Crippen LogP contribution in [0.1, 0.15) is 36.7 Å². The molecule has 2 aromatic heterocycles. The summed E-state index contributed by atoms with van der Waals surface area (Å²) in [5, 5.41) is 7.30. The van der Waals surface area contributed by atoms with E-state index < -0.39 is 0 Å². The van der Waals surface area contributed by atoms with Gasteiger partial charge in [-0.3, -0.25) is 4.79 Å². The second-order valence-electron chi connectivity index (χ2n) is 10.9. The Bertz CT molecular complexity index is 1460. The Labute approximate surface area is 228 Å². The lowest BCUT2D eigenvalue weighted by molar-refractivity contribution is 0.0939. The molecule has 1 fully saturated rings. The first-order valence-electron chi connectivity index (χ1n) is 13.1. The molecule has 2 N–H and O–H groups in total. The predicted molar refractivity (Wildman–Crippen MR) is 153 cm³/mol. The average Bonchev–Trinajstić information content (AvgIpc) is 2.94. The summed E-state index contributed by atoms with van der Waals surface area (Å²) in [7, 11) is 0. The van der Waals surface area contributed by atoms with Crippen LogP contribution >= 0.6 is 0 Å². The lowest BCUT2D eigenvalue weighted by Crippen LogP contribution is -2.36. The smallest absolute Gasteiger partial charge is 0.251 e. The van der Waals surface area contributed by atoms with Crippen molar-refractivity contribution >= 4 is 34.1 Å². The van der Waals surface area contributed by atoms with E-state index in [0.29, 0.717) is 36.9 Å². The van der Waals surface area contributed by atoms with Crippen LogP contribution in [-0.2, 0) is 4.74 Å². The van der Waals surface area contributed by atoms with E-state index in [9.17, 15) is 4.79 Å². The van der Waals surface area contributed by atoms with Gasteiger partial charge in [0.15, 0.2) is 0 Å². The van der Waals surface area contributed by atoms with Crippen molar-refractivity contribution in [3.8, 4) is 11.5 Å². The van der Waals surface area contributed by atoms with Crippen LogP contribution in [0, 0.1) is 12.3 Å². The van der Waals surface area contributed by atoms with Crippen molar-refractivity contribution in [2.24, 2.45) is 5.41 Å². The number of anilines is 3. The molecule has 1 saturated heterocycles. The monoisotopic (exact) mass is 526 g/mol. The molecule has 1 aliphatic heterocycles. The standard InChI is InChI=1S/C30H34N6O3/c1-20-15-22(7-10-26(20)39-23-8-5-21(6-9-23)29(37)32-18-30(2,3)4)35-28-24-16-27(36-11-13-38-14-12-36)31-17-25(24)33-19-34-28/h5-10,15-17,19H,11-14,18H2,1-4H3,(H,32,37)(H,33,34,35). The molecule has 4 aromatic rings. The maximum Gasteiger partial charge on any atom is 0.251 e. The number of morpholine rings is 1. The number of amides is 1. The average molecular weight is 527 g/mol. The van der Waals surface area contributed by atoms with Crippen LogP contribution in [-0.4, -0.2) is 53.7 Å². The lowest BCUT2D eigenvalue weighted by Gasteiger charge is -2.27. The highest BCUT2D eigenvalue weighted by Crippen LogP contribution is 2.31. The minimum Gasteiger partial charge on any atom is -0.457 e. The highest BCUT2D eigenvalue weighted by Gasteiger charge is 2.16. The van der Waals surface area contributed by atoms with E-state index in [-0.39, 0.29) is 11.3 Å². The van der Waals surface area contributed by atoms with Crippen molar-refractivity contribution in [2.45, 2.75) is 27.7 Å². The largest absolute Gasteiger partial charge is 0.457 e. The van der Waals surface area contributed by atoms with Gasteiger partial charge in [-0.15, -0.1) is 0 Å². The van der Waals surface area contributed by atoms with Crippen LogP contribution in [0.3, 0.4) is 0 Å². The van der Waals surface area contributed by atoms with Gasteiger partial charge < -0.3 is 25.0 Å². The topological polar surface area (TPSA) is 102 Å². The second-order valence-corrected chi connectivity index (χ2v) is 10.9. The Hall–Kier alpha value is -4.24. The summed E-state index contributed by atoms with van der Waals surface area (Å²) >= 11 is 0. The van der Waals surface area contributed by atoms with E-state index in [1.54, 1.807) is 18.3 Å². The summed E-state index contributed by atoms with van der Waals surface area (Å²) in [6.45, 7) is 11.9. The number of carbonyl (C=O) groups excluding carboxylic acids is 1. The zero-order chi connectivity index (χ0) is 27.4. The summed E-state index contributed by atoms with van der Waals surface area (Å²) in [5.41, 5.74) is 3.25. The van der Waals surface area contributed by atoms with Gasteiger partial charge in [0.25, 0.3) is 5.91 Å². The number of fused-ring (bicyclic) bond motifs is 1. The number of nitrogens with one attached hydrogen (secondary N) is 2. The number of carbonyl (C=O) groups is 1. The van der Waals surface area contributed by atoms with Crippen molar-refractivity contribution in [3.63, 3.8) is 0 Å². The molecule has 3 heterocycles. The summed E-state index contributed by atoms with van der Waals surface area (Å²) in [4.78, 5) is 28.1. The minimum absolute atomic E-state index is 0.0287. The number of rotatable bonds is 7. The number of aromatic nitrogens is 3. The fourth-order valence-corrected chi connectivity index (χ4v) is 4.24. The Kier molecular flexibility index (Phi) is 7.60. The molecule has 9 heteroatoms. The van der Waals surface area contributed by atoms with Crippen LogP contribution in [0.25, 0.3) is 10.9 Å². The third-order valence-corrected chi connectivity index (χ3v) is 6.40. The molecule has 0 aliphatic carbocycles. The molecule has 5 rings (SSSR count). The van der Waals surface area contributed by atoms with Crippen LogP contribution in [0.15, 0.2) is 61.1 Å². The Morgan fingerprint density at radius 1 is 1.03 bits per heavy atom. The molecule has 0 spiro atoms. The molecule has 202 valence electrons. The summed E-state index contributed by atoms with van der Waals surface area (Å²) in [5.74, 6) is 2.91. The van der Waals surface area contributed by atoms with Gasteiger partial charge in [0, 0.05) is 36.3 Å². The predicted octanol–water partition coefficient (Wildman–Crippen LogP) is 5.48. The Morgan fingerprint density at radius 3 is 2.51 bits per heavy atom. The van der Waals surface area contributed by atoms with Crippen molar-refractivity contribution < 1.29 is 14.3 Å². The highest BCUT2D eigenvalue weighted by atomic mass is 16.5. The molecule has 0 atom stereocenters. The molecule has 39 heavy (non-hydrogen) atoms. The van der Waals surface area contributed by atoms with Gasteiger partial charge in [-0.2, -0.15) is 0 Å². The van der Waals surface area contributed by atoms with E-state index in [2.05, 4.69) is 51.3 Å². The summed E-state index contributed by atoms with van der Waals surface area (Å²) in [6.07, 6.45) is 3.33. The van der Waals surface area contributed by atoms with Crippen LogP contribution in [0.5, 0.6) is 11.5 Å². The van der Waals surface area contributed by atoms with Gasteiger partial charge in [0.2, 0.25) is 0 Å². The number of hydrogen-bond acceptors (Lipinski definition) is 8. The molecule has 1 amide bonds. The van der Waals surface area contributed by atoms with Gasteiger partial charge in [0.05, 0.1) is 24.9 Å². The molecular formula is C30H34N6O3. The fourth-order valence-electron chi connectivity index (χ4n) is 4.24. The van der Waals surface area contributed by atoms with Crippen molar-refractivity contribution in [2.75, 3.05) is 43.1 Å². The normalized spacial score (nSPS) is 13.8. The molecule has 0 unspecified atom stereocenters. The lowest BCUT2D eigenvalue weighted by atomic mass is 9.97. The first-order chi connectivity index (χ1) is 18.7. The van der Waals surface area contributed by atoms with Crippen molar-refractivity contribution in [1.82, 2.24) is 20.3 Å². The van der Waals surface area contributed by atoms with Gasteiger partial charge >= 0.3 is 0 Å². The molecule has 0 radical (unpaired) electrons. The number of ether oxygens (including phenoxy) is 2. The maximum absolute atomic E-state index is 12.4. The van der Waals surface area contributed by atoms with Crippen LogP contribution < -0.4 is 20.3 Å². The van der Waals surface area contributed by atoms with Gasteiger partial charge in [-0.25, -0.2) is 15.0 Å². The van der Waals surface area contributed by atoms with E-state index in [0.717, 1.165) is 46.8 Å². The Morgan fingerprint density at radius 2 is 1.79 bits per heavy atom. The third kappa shape index (κ3) is 6.61. The zero-order valence-electron chi connectivity index (χ0n) is 22.8. The van der Waals surface area contributed by atoms with E-state index in [1.807, 2.05) is 43.3 Å². The number of nitrogens with zero attached hydrogens (tertiary/aromatic N) is 4. The van der Waals surface area contributed by atoms with Crippen LogP contribution in [0.4, 0.5) is 17.3 Å². The first kappa shape index (κ1) is 26.4. The minimum atomic E-state index is -0.0897. The molecule has 0 saturated carbocycles. The number of aryl methyl sites for hydroxylation is 1. The molecule has 0 bridgehead atoms. The SMILES string of the molecule is Cc1cc(Nc2ncnc3cnc(N4CCOCC4)cc23)ccc1Oc1ccc(C(=O)NCC(C)(C)C)cc1. The fraction of sp³-hybridized carbons (Fsp3) is 0.333. The van der Waals surface area contributed by atoms with Crippen molar-refractivity contribution in [3.05, 3.63) is 72.2 Å². The summed E-state index contributed by atoms with van der Waals surface area (Å²) < 4.78 is 11.6. The van der Waals surface area contributed by atoms with Crippen LogP contribution in [0.2, 0.25) is 0 Å². The molecule has 2 aromatic carbocycles. The highest BCUT2D eigenvalue weighted by molar-refractivity contribution is 5.94. The maximum atomic E-state index is 12.4. The van der Waals surface area contributed by atoms with Gasteiger partial charge in [-0.05, 0) is 66.4 Å². The number of pyridine rings is 1. The number of hydrogen-bond donors (Lipinski definition) is 2. The molecule has 1 aliphatic rings. The first-order valence-corrected chi connectivity index (χ1v) is 13.1. The second kappa shape index (κ2) is 11.2. The number of benzene rings is 2. The van der Waals surface area contributed by atoms with E-state index >= 15 is 0 Å². The van der Waals surface area contributed by atoms with Crippen molar-refractivity contribution in [1.29, 1.82) is 0 Å². The van der Waals surface area contributed by atoms with E-state index in [4.69, 9.17) is 9.47 Å². The van der Waals surface area contributed by atoms with Gasteiger partial charge in [0.1, 0.15) is 29.5 Å². The summed E-state index contributed by atoms with van der Waals surface area (Å²) in [6, 6.07) is 15.1. The Balaban J connectivity index is 1.28. The molecular weight excluding hydrogens is 492 g/mol.